The molecule has 31 heavy (non-hydrogen) atoms. The maximum absolute atomic E-state index is 13.1. The molecular formula is C24H35BrN2O4. The zero-order valence-corrected chi connectivity index (χ0v) is 21.6. The van der Waals surface area contributed by atoms with Gasteiger partial charge in [-0.1, -0.05) is 28.6 Å². The Morgan fingerprint density at radius 2 is 1.74 bits per heavy atom. The maximum atomic E-state index is 13.1. The summed E-state index contributed by atoms with van der Waals surface area (Å²) in [6.07, 6.45) is 5.10. The molecule has 0 bridgehead atoms. The molecule has 1 aromatic rings. The second kappa shape index (κ2) is 9.23. The van der Waals surface area contributed by atoms with Crippen LogP contribution in [0.3, 0.4) is 0 Å². The SMILES string of the molecule is C=C(Br)/C=c1/c2c(n(C(=O)OC(C)(C)C)/c1=C/C)CCC(N(C)C(=O)OC(C)(C)C)C2. The first kappa shape index (κ1) is 25.2. The summed E-state index contributed by atoms with van der Waals surface area (Å²) >= 11 is 3.42. The quantitative estimate of drug-likeness (QED) is 0.607. The van der Waals surface area contributed by atoms with Gasteiger partial charge in [0.2, 0.25) is 0 Å². The van der Waals surface area contributed by atoms with Gasteiger partial charge in [-0.15, -0.1) is 0 Å². The van der Waals surface area contributed by atoms with Crippen molar-refractivity contribution in [2.45, 2.75) is 85.0 Å². The molecule has 0 spiro atoms. The Morgan fingerprint density at radius 1 is 1.16 bits per heavy atom. The standard InChI is InChI=1S/C24H35BrN2O4/c1-10-19-17(13-15(2)25)18-14-16(26(9)21(28)30-23(3,4)5)11-12-20(18)27(19)22(29)31-24(6,7)8/h10,13,16H,2,11-12,14H2,1,3-9H3/b17-13-,19-10+. The average Bonchev–Trinajstić information content (AvgIpc) is 2.90. The lowest BCUT2D eigenvalue weighted by molar-refractivity contribution is 0.0207. The van der Waals surface area contributed by atoms with E-state index < -0.39 is 17.3 Å². The van der Waals surface area contributed by atoms with E-state index in [4.69, 9.17) is 9.47 Å². The minimum atomic E-state index is -0.601. The molecule has 1 amide bonds. The number of ether oxygens (including phenoxy) is 2. The van der Waals surface area contributed by atoms with Crippen LogP contribution >= 0.6 is 15.9 Å². The average molecular weight is 495 g/mol. The molecule has 6 nitrogen and oxygen atoms in total. The van der Waals surface area contributed by atoms with Gasteiger partial charge in [-0.25, -0.2) is 14.2 Å². The Kier molecular flexibility index (Phi) is 7.51. The van der Waals surface area contributed by atoms with Gasteiger partial charge in [-0.3, -0.25) is 0 Å². The number of aromatic nitrogens is 1. The second-order valence-electron chi connectivity index (χ2n) is 9.91. The normalized spacial score (nSPS) is 17.9. The summed E-state index contributed by atoms with van der Waals surface area (Å²) < 4.78 is 13.6. The Bertz CT molecular complexity index is 993. The first-order valence-corrected chi connectivity index (χ1v) is 11.4. The summed E-state index contributed by atoms with van der Waals surface area (Å²) in [6.45, 7) is 17.0. The van der Waals surface area contributed by atoms with E-state index in [1.54, 1.807) is 16.5 Å². The van der Waals surface area contributed by atoms with Gasteiger partial charge in [0, 0.05) is 28.5 Å². The van der Waals surface area contributed by atoms with Crippen LogP contribution in [0.15, 0.2) is 11.1 Å². The van der Waals surface area contributed by atoms with Gasteiger partial charge in [0.25, 0.3) is 0 Å². The van der Waals surface area contributed by atoms with Crippen LogP contribution in [0.1, 0.15) is 66.1 Å². The highest BCUT2D eigenvalue weighted by atomic mass is 79.9. The third-order valence-electron chi connectivity index (χ3n) is 4.99. The Labute approximate surface area is 193 Å². The van der Waals surface area contributed by atoms with Gasteiger partial charge in [0.05, 0.1) is 5.35 Å². The summed E-state index contributed by atoms with van der Waals surface area (Å²) in [5, 5.41) is 1.70. The monoisotopic (exact) mass is 494 g/mol. The topological polar surface area (TPSA) is 60.8 Å². The minimum absolute atomic E-state index is 0.0303. The largest absolute Gasteiger partial charge is 0.444 e. The molecule has 1 aliphatic carbocycles. The van der Waals surface area contributed by atoms with Crippen molar-refractivity contribution in [2.75, 3.05) is 7.05 Å². The van der Waals surface area contributed by atoms with Crippen molar-refractivity contribution in [3.05, 3.63) is 32.9 Å². The zero-order chi connectivity index (χ0) is 23.7. The number of carbonyl (C=O) groups excluding carboxylic acids is 2. The Hall–Kier alpha value is -2.02. The van der Waals surface area contributed by atoms with E-state index in [-0.39, 0.29) is 12.1 Å². The van der Waals surface area contributed by atoms with Crippen molar-refractivity contribution >= 4 is 40.3 Å². The molecule has 1 aliphatic rings. The summed E-state index contributed by atoms with van der Waals surface area (Å²) in [4.78, 5) is 27.4. The van der Waals surface area contributed by atoms with Gasteiger partial charge >= 0.3 is 12.2 Å². The van der Waals surface area contributed by atoms with Crippen molar-refractivity contribution in [1.29, 1.82) is 0 Å². The second-order valence-corrected chi connectivity index (χ2v) is 10.9. The molecule has 0 aromatic carbocycles. The minimum Gasteiger partial charge on any atom is -0.444 e. The molecule has 1 heterocycles. The number of halogens is 1. The van der Waals surface area contributed by atoms with Crippen LogP contribution in [0.2, 0.25) is 0 Å². The lowest BCUT2D eigenvalue weighted by Crippen LogP contribution is -2.44. The molecule has 0 N–H and O–H groups in total. The molecule has 1 aromatic heterocycles. The van der Waals surface area contributed by atoms with E-state index in [9.17, 15) is 9.59 Å². The van der Waals surface area contributed by atoms with E-state index in [1.807, 2.05) is 60.6 Å². The molecule has 172 valence electrons. The number of allylic oxidation sites excluding steroid dienone is 1. The number of fused-ring (bicyclic) bond motifs is 1. The Balaban J connectivity index is 2.55. The first-order valence-electron chi connectivity index (χ1n) is 10.6. The van der Waals surface area contributed by atoms with E-state index in [0.29, 0.717) is 17.3 Å². The highest BCUT2D eigenvalue weighted by Crippen LogP contribution is 2.24. The lowest BCUT2D eigenvalue weighted by Gasteiger charge is -2.33. The van der Waals surface area contributed by atoms with E-state index in [0.717, 1.165) is 28.2 Å². The van der Waals surface area contributed by atoms with Crippen molar-refractivity contribution < 1.29 is 19.1 Å². The molecule has 2 rings (SSSR count). The molecule has 0 saturated carbocycles. The van der Waals surface area contributed by atoms with Gasteiger partial charge in [-0.05, 0) is 79.4 Å². The molecule has 1 atom stereocenters. The number of rotatable bonds is 2. The molecule has 0 radical (unpaired) electrons. The number of hydrogen-bond donors (Lipinski definition) is 0. The molecule has 1 unspecified atom stereocenters. The van der Waals surface area contributed by atoms with Crippen molar-refractivity contribution in [3.8, 4) is 0 Å². The molecular weight excluding hydrogens is 460 g/mol. The predicted molar refractivity (Wildman–Crippen MR) is 128 cm³/mol. The fourth-order valence-electron chi connectivity index (χ4n) is 3.77. The number of carbonyl (C=O) groups is 2. The predicted octanol–water partition coefficient (Wildman–Crippen LogP) is 4.49. The van der Waals surface area contributed by atoms with E-state index in [1.165, 1.54) is 0 Å². The smallest absolute Gasteiger partial charge is 0.419 e. The van der Waals surface area contributed by atoms with E-state index in [2.05, 4.69) is 22.5 Å². The van der Waals surface area contributed by atoms with Crippen LogP contribution in [0.25, 0.3) is 12.2 Å². The van der Waals surface area contributed by atoms with Crippen LogP contribution in [-0.4, -0.2) is 45.9 Å². The molecule has 0 fully saturated rings. The molecule has 0 saturated heterocycles. The molecule has 7 heteroatoms. The van der Waals surface area contributed by atoms with Crippen molar-refractivity contribution in [2.24, 2.45) is 0 Å². The van der Waals surface area contributed by atoms with Gasteiger partial charge in [-0.2, -0.15) is 0 Å². The van der Waals surface area contributed by atoms with Crippen LogP contribution in [0, 0.1) is 0 Å². The maximum Gasteiger partial charge on any atom is 0.419 e. The van der Waals surface area contributed by atoms with Gasteiger partial charge in [0.1, 0.15) is 11.2 Å². The first-order chi connectivity index (χ1) is 14.1. The third-order valence-corrected chi connectivity index (χ3v) is 5.22. The van der Waals surface area contributed by atoms with Crippen LogP contribution in [-0.2, 0) is 22.3 Å². The summed E-state index contributed by atoms with van der Waals surface area (Å²) in [5.41, 5.74) is 0.806. The number of amides is 1. The molecule has 0 aliphatic heterocycles. The van der Waals surface area contributed by atoms with Crippen molar-refractivity contribution in [3.63, 3.8) is 0 Å². The summed E-state index contributed by atoms with van der Waals surface area (Å²) in [7, 11) is 1.77. The fourth-order valence-corrected chi connectivity index (χ4v) is 4.00. The van der Waals surface area contributed by atoms with Crippen molar-refractivity contribution in [1.82, 2.24) is 9.47 Å². The van der Waals surface area contributed by atoms with Crippen LogP contribution < -0.4 is 10.6 Å². The fraction of sp³-hybridized carbons (Fsp3) is 0.583. The number of hydrogen-bond acceptors (Lipinski definition) is 4. The highest BCUT2D eigenvalue weighted by molar-refractivity contribution is 9.12. The van der Waals surface area contributed by atoms with Crippen LogP contribution in [0.5, 0.6) is 0 Å². The number of likely N-dealkylation sites (N-methyl/N-ethyl adjacent to an activating group) is 1. The van der Waals surface area contributed by atoms with Crippen LogP contribution in [0.4, 0.5) is 9.59 Å². The third kappa shape index (κ3) is 6.25. The summed E-state index contributed by atoms with van der Waals surface area (Å²) in [5.74, 6) is 0. The number of nitrogens with zero attached hydrogens (tertiary/aromatic N) is 2. The van der Waals surface area contributed by atoms with Gasteiger partial charge < -0.3 is 14.4 Å². The Morgan fingerprint density at radius 3 is 2.23 bits per heavy atom. The summed E-state index contributed by atoms with van der Waals surface area (Å²) in [6, 6.07) is -0.0303. The highest BCUT2D eigenvalue weighted by Gasteiger charge is 2.33. The van der Waals surface area contributed by atoms with Gasteiger partial charge in [0.15, 0.2) is 0 Å². The zero-order valence-electron chi connectivity index (χ0n) is 20.0. The van der Waals surface area contributed by atoms with E-state index >= 15 is 0 Å². The lowest BCUT2D eigenvalue weighted by atomic mass is 9.91.